The Morgan fingerprint density at radius 3 is 2.25 bits per heavy atom. The van der Waals surface area contributed by atoms with Crippen LogP contribution in [0.1, 0.15) is 11.1 Å². The average molecular weight is 339 g/mol. The molecular weight excluding hydrogens is 330 g/mol. The van der Waals surface area contributed by atoms with Crippen LogP contribution in [0.25, 0.3) is 0 Å². The zero-order chi connectivity index (χ0) is 15.4. The van der Waals surface area contributed by atoms with Gasteiger partial charge in [-0.05, 0) is 29.5 Å². The van der Waals surface area contributed by atoms with Crippen molar-refractivity contribution in [1.82, 2.24) is 0 Å². The smallest absolute Gasteiger partial charge is 0.441 e. The Morgan fingerprint density at radius 1 is 1.10 bits per heavy atom. The van der Waals surface area contributed by atoms with Crippen LogP contribution in [0.3, 0.4) is 0 Å². The third-order valence-corrected chi connectivity index (χ3v) is 3.12. The predicted molar refractivity (Wildman–Crippen MR) is 65.0 cm³/mol. The topological polar surface area (TPSA) is 9.23 Å². The first kappa shape index (κ1) is 17.3. The number of benzene rings is 1. The summed E-state index contributed by atoms with van der Waals surface area (Å²) in [4.78, 5) is 0. The fourth-order valence-corrected chi connectivity index (χ4v) is 1.88. The number of hydrogen-bond acceptors (Lipinski definition) is 2. The van der Waals surface area contributed by atoms with E-state index in [1.807, 2.05) is 0 Å². The number of alkyl halides is 7. The van der Waals surface area contributed by atoms with E-state index in [-0.39, 0.29) is 23.2 Å². The molecule has 20 heavy (non-hydrogen) atoms. The van der Waals surface area contributed by atoms with Crippen LogP contribution in [-0.4, -0.2) is 17.9 Å². The van der Waals surface area contributed by atoms with Crippen molar-refractivity contribution in [3.8, 4) is 5.75 Å². The van der Waals surface area contributed by atoms with Crippen LogP contribution in [0, 0.1) is 0 Å². The highest BCUT2D eigenvalue weighted by Crippen LogP contribution is 2.37. The minimum atomic E-state index is -4.66. The molecule has 1 rings (SSSR count). The summed E-state index contributed by atoms with van der Waals surface area (Å²) in [6, 6.07) is 3.20. The summed E-state index contributed by atoms with van der Waals surface area (Å²) < 4.78 is 78.6. The Hall–Kier alpha value is -0.760. The molecule has 0 aromatic heterocycles. The molecule has 0 fully saturated rings. The van der Waals surface area contributed by atoms with Gasteiger partial charge in [0, 0.05) is 11.6 Å². The van der Waals surface area contributed by atoms with Crippen LogP contribution in [-0.2, 0) is 12.1 Å². The highest BCUT2D eigenvalue weighted by Gasteiger charge is 2.35. The van der Waals surface area contributed by atoms with Gasteiger partial charge < -0.3 is 4.74 Å². The summed E-state index contributed by atoms with van der Waals surface area (Å²) in [5, 5.41) is 0. The molecule has 0 amide bonds. The number of thioether (sulfide) groups is 1. The third kappa shape index (κ3) is 5.70. The van der Waals surface area contributed by atoms with E-state index in [0.29, 0.717) is 0 Å². The second-order valence-corrected chi connectivity index (χ2v) is 5.03. The largest absolute Gasteiger partial charge is 0.492 e. The Kier molecular flexibility index (Phi) is 5.88. The van der Waals surface area contributed by atoms with Gasteiger partial charge in [-0.1, -0.05) is 6.07 Å². The number of halogens is 7. The monoisotopic (exact) mass is 338 g/mol. The van der Waals surface area contributed by atoms with Crippen molar-refractivity contribution in [3.05, 3.63) is 29.3 Å². The highest BCUT2D eigenvalue weighted by molar-refractivity contribution is 8.00. The molecule has 0 unspecified atom stereocenters. The van der Waals surface area contributed by atoms with Crippen LogP contribution in [0.15, 0.2) is 18.2 Å². The molecule has 0 atom stereocenters. The normalized spacial score (nSPS) is 12.6. The first-order valence-corrected chi connectivity index (χ1v) is 6.75. The van der Waals surface area contributed by atoms with Gasteiger partial charge in [0.2, 0.25) is 0 Å². The predicted octanol–water partition coefficient (Wildman–Crippen LogP) is 5.08. The lowest BCUT2D eigenvalue weighted by Gasteiger charge is -2.15. The summed E-state index contributed by atoms with van der Waals surface area (Å²) >= 11 is 5.09. The Labute approximate surface area is 120 Å². The van der Waals surface area contributed by atoms with E-state index in [0.717, 1.165) is 12.1 Å². The Bertz CT molecular complexity index is 446. The first-order chi connectivity index (χ1) is 9.13. The minimum absolute atomic E-state index is 0.104. The summed E-state index contributed by atoms with van der Waals surface area (Å²) in [6.45, 7) is -0.479. The maximum Gasteiger partial charge on any atom is 0.441 e. The summed E-state index contributed by atoms with van der Waals surface area (Å²) in [5.41, 5.74) is -5.23. The van der Waals surface area contributed by atoms with E-state index >= 15 is 0 Å². The molecule has 0 bridgehead atoms. The van der Waals surface area contributed by atoms with Gasteiger partial charge in [-0.3, -0.25) is 0 Å². The molecule has 0 aliphatic rings. The molecular formula is C11H9ClF6OS. The van der Waals surface area contributed by atoms with Crippen LogP contribution in [0.5, 0.6) is 5.75 Å². The van der Waals surface area contributed by atoms with Crippen molar-refractivity contribution in [2.75, 3.05) is 12.4 Å². The van der Waals surface area contributed by atoms with Gasteiger partial charge >= 0.3 is 11.7 Å². The second kappa shape index (κ2) is 6.80. The molecule has 0 N–H and O–H groups in total. The van der Waals surface area contributed by atoms with Gasteiger partial charge in [-0.15, -0.1) is 11.6 Å². The lowest BCUT2D eigenvalue weighted by Crippen LogP contribution is -2.12. The van der Waals surface area contributed by atoms with E-state index in [4.69, 9.17) is 16.3 Å². The molecule has 0 saturated heterocycles. The summed E-state index contributed by atoms with van der Waals surface area (Å²) in [5.74, 6) is -1.10. The van der Waals surface area contributed by atoms with Gasteiger partial charge in [0.15, 0.2) is 0 Å². The van der Waals surface area contributed by atoms with Gasteiger partial charge in [0.05, 0.1) is 12.2 Å². The van der Waals surface area contributed by atoms with E-state index in [1.165, 1.54) is 6.07 Å². The molecule has 0 aliphatic carbocycles. The number of ether oxygens (including phenoxy) is 1. The van der Waals surface area contributed by atoms with Crippen molar-refractivity contribution in [2.24, 2.45) is 0 Å². The van der Waals surface area contributed by atoms with Crippen LogP contribution in [0.4, 0.5) is 26.3 Å². The van der Waals surface area contributed by atoms with Crippen molar-refractivity contribution >= 4 is 23.4 Å². The fraction of sp³-hybridized carbons (Fsp3) is 0.455. The number of hydrogen-bond donors (Lipinski definition) is 0. The van der Waals surface area contributed by atoms with Gasteiger partial charge in [-0.25, -0.2) is 0 Å². The molecule has 1 nitrogen and oxygen atoms in total. The average Bonchev–Trinajstić information content (AvgIpc) is 2.32. The molecule has 0 saturated carbocycles. The lowest BCUT2D eigenvalue weighted by molar-refractivity contribution is -0.139. The van der Waals surface area contributed by atoms with Gasteiger partial charge in [-0.2, -0.15) is 26.3 Å². The summed E-state index contributed by atoms with van der Waals surface area (Å²) in [7, 11) is 0. The van der Waals surface area contributed by atoms with Crippen molar-refractivity contribution < 1.29 is 31.1 Å². The third-order valence-electron chi connectivity index (χ3n) is 2.11. The fourth-order valence-electron chi connectivity index (χ4n) is 1.32. The van der Waals surface area contributed by atoms with E-state index in [1.54, 1.807) is 0 Å². The SMILES string of the molecule is FC(F)(F)SCCOc1ccc(CCl)cc1C(F)(F)F. The lowest BCUT2D eigenvalue weighted by atomic mass is 10.1. The van der Waals surface area contributed by atoms with E-state index in [2.05, 4.69) is 0 Å². The highest BCUT2D eigenvalue weighted by atomic mass is 35.5. The maximum absolute atomic E-state index is 12.8. The molecule has 9 heteroatoms. The zero-order valence-corrected chi connectivity index (χ0v) is 11.4. The van der Waals surface area contributed by atoms with Gasteiger partial charge in [0.1, 0.15) is 5.75 Å². The summed E-state index contributed by atoms with van der Waals surface area (Å²) in [6.07, 6.45) is -4.66. The van der Waals surface area contributed by atoms with Crippen molar-refractivity contribution in [3.63, 3.8) is 0 Å². The number of rotatable bonds is 5. The molecule has 1 aromatic rings. The second-order valence-electron chi connectivity index (χ2n) is 3.60. The van der Waals surface area contributed by atoms with Crippen molar-refractivity contribution in [1.29, 1.82) is 0 Å². The van der Waals surface area contributed by atoms with Crippen LogP contribution in [0.2, 0.25) is 0 Å². The van der Waals surface area contributed by atoms with Crippen molar-refractivity contribution in [2.45, 2.75) is 17.6 Å². The molecule has 0 radical (unpaired) electrons. The zero-order valence-electron chi connectivity index (χ0n) is 9.82. The maximum atomic E-state index is 12.8. The minimum Gasteiger partial charge on any atom is -0.492 e. The molecule has 0 spiro atoms. The Morgan fingerprint density at radius 2 is 1.75 bits per heavy atom. The van der Waals surface area contributed by atoms with E-state index in [9.17, 15) is 26.3 Å². The first-order valence-electron chi connectivity index (χ1n) is 5.23. The Balaban J connectivity index is 2.74. The van der Waals surface area contributed by atoms with E-state index < -0.39 is 35.4 Å². The molecule has 1 aromatic carbocycles. The standard InChI is InChI=1S/C11H9ClF6OS/c12-6-7-1-2-9(8(5-7)10(13,14)15)19-3-4-20-11(16,17)18/h1-2,5H,3-4,6H2. The van der Waals surface area contributed by atoms with Gasteiger partial charge in [0.25, 0.3) is 0 Å². The van der Waals surface area contributed by atoms with Crippen LogP contribution >= 0.6 is 23.4 Å². The molecule has 0 heterocycles. The molecule has 0 aliphatic heterocycles. The van der Waals surface area contributed by atoms with Crippen LogP contribution < -0.4 is 4.74 Å². The molecule has 114 valence electrons. The quantitative estimate of drug-likeness (QED) is 0.421.